The number of likely N-dealkylation sites (N-methyl/N-ethyl adjacent to an activating group) is 1. The van der Waals surface area contributed by atoms with Crippen molar-refractivity contribution >= 4 is 17.3 Å². The molecule has 0 unspecified atom stereocenters. The second-order valence-electron chi connectivity index (χ2n) is 6.07. The Balaban J connectivity index is 2.33. The van der Waals surface area contributed by atoms with Gasteiger partial charge in [0.05, 0.1) is 18.4 Å². The highest BCUT2D eigenvalue weighted by atomic mass is 19.1. The third-order valence-electron chi connectivity index (χ3n) is 4.26. The molecule has 0 aliphatic carbocycles. The maximum absolute atomic E-state index is 14.2. The van der Waals surface area contributed by atoms with Gasteiger partial charge in [0, 0.05) is 18.2 Å². The number of hydrogen-bond acceptors (Lipinski definition) is 6. The third kappa shape index (κ3) is 5.10. The number of carbonyl (C=O) groups is 1. The predicted octanol–water partition coefficient (Wildman–Crippen LogP) is 3.18. The van der Waals surface area contributed by atoms with Crippen molar-refractivity contribution in [1.82, 2.24) is 5.32 Å². The number of methoxy groups -OCH3 is 1. The van der Waals surface area contributed by atoms with Crippen LogP contribution in [0.2, 0.25) is 0 Å². The summed E-state index contributed by atoms with van der Waals surface area (Å²) in [6, 6.07) is 9.96. The number of benzene rings is 2. The zero-order chi connectivity index (χ0) is 21.4. The van der Waals surface area contributed by atoms with E-state index >= 15 is 0 Å². The molecule has 0 bridgehead atoms. The molecule has 1 amide bonds. The summed E-state index contributed by atoms with van der Waals surface area (Å²) in [6.07, 6.45) is 0. The summed E-state index contributed by atoms with van der Waals surface area (Å²) in [4.78, 5) is 22.5. The number of nitrogens with zero attached hydrogens (tertiary/aromatic N) is 2. The zero-order valence-corrected chi connectivity index (χ0v) is 17.1. The normalized spacial score (nSPS) is 11.8. The van der Waals surface area contributed by atoms with E-state index in [0.717, 1.165) is 5.56 Å². The Kier molecular flexibility index (Phi) is 7.70. The number of nitrogens with one attached hydrogen (secondary N) is 1. The van der Waals surface area contributed by atoms with E-state index < -0.39 is 11.7 Å². The lowest BCUT2D eigenvalue weighted by Crippen LogP contribution is -2.29. The van der Waals surface area contributed by atoms with Gasteiger partial charge < -0.3 is 19.7 Å². The summed E-state index contributed by atoms with van der Waals surface area (Å²) in [5, 5.41) is 10.4. The SMILES string of the molecule is CNC(=O)/C(=N/OC)c1cccc(C)c1CO/N=C(\C)c1c(F)cccc1OC. The second-order valence-corrected chi connectivity index (χ2v) is 6.07. The topological polar surface area (TPSA) is 81.5 Å². The van der Waals surface area contributed by atoms with Crippen molar-refractivity contribution in [2.24, 2.45) is 10.3 Å². The third-order valence-corrected chi connectivity index (χ3v) is 4.26. The molecule has 0 aromatic heterocycles. The molecule has 0 aliphatic heterocycles. The number of carbonyl (C=O) groups excluding carboxylic acids is 1. The lowest BCUT2D eigenvalue weighted by atomic mass is 9.98. The van der Waals surface area contributed by atoms with E-state index in [9.17, 15) is 9.18 Å². The van der Waals surface area contributed by atoms with E-state index in [-0.39, 0.29) is 17.9 Å². The van der Waals surface area contributed by atoms with E-state index in [4.69, 9.17) is 14.4 Å². The molecule has 0 atom stereocenters. The molecule has 0 fully saturated rings. The van der Waals surface area contributed by atoms with Gasteiger partial charge >= 0.3 is 0 Å². The predicted molar refractivity (Wildman–Crippen MR) is 109 cm³/mol. The van der Waals surface area contributed by atoms with Crippen LogP contribution in [0, 0.1) is 12.7 Å². The fraction of sp³-hybridized carbons (Fsp3) is 0.286. The number of hydrogen-bond donors (Lipinski definition) is 1. The van der Waals surface area contributed by atoms with E-state index in [2.05, 4.69) is 15.6 Å². The van der Waals surface area contributed by atoms with Gasteiger partial charge in [-0.05, 0) is 31.5 Å². The maximum atomic E-state index is 14.2. The number of amides is 1. The highest BCUT2D eigenvalue weighted by Gasteiger charge is 2.19. The Bertz CT molecular complexity index is 942. The monoisotopic (exact) mass is 401 g/mol. The van der Waals surface area contributed by atoms with Crippen molar-refractivity contribution in [1.29, 1.82) is 0 Å². The quantitative estimate of drug-likeness (QED) is 0.544. The highest BCUT2D eigenvalue weighted by Crippen LogP contribution is 2.23. The Hall–Kier alpha value is -3.42. The van der Waals surface area contributed by atoms with Crippen LogP contribution in [0.1, 0.15) is 29.2 Å². The van der Waals surface area contributed by atoms with Crippen molar-refractivity contribution in [2.45, 2.75) is 20.5 Å². The minimum atomic E-state index is -0.458. The first-order chi connectivity index (χ1) is 13.9. The van der Waals surface area contributed by atoms with Gasteiger partial charge in [-0.1, -0.05) is 34.6 Å². The minimum absolute atomic E-state index is 0.0514. The lowest BCUT2D eigenvalue weighted by Gasteiger charge is -2.13. The van der Waals surface area contributed by atoms with Crippen LogP contribution in [0.15, 0.2) is 46.7 Å². The minimum Gasteiger partial charge on any atom is -0.496 e. The van der Waals surface area contributed by atoms with E-state index in [0.29, 0.717) is 22.6 Å². The molecule has 154 valence electrons. The molecule has 0 radical (unpaired) electrons. The molecule has 2 aromatic carbocycles. The van der Waals surface area contributed by atoms with E-state index in [1.165, 1.54) is 27.3 Å². The highest BCUT2D eigenvalue weighted by molar-refractivity contribution is 6.45. The van der Waals surface area contributed by atoms with Crippen LogP contribution in [-0.2, 0) is 21.1 Å². The molecule has 29 heavy (non-hydrogen) atoms. The van der Waals surface area contributed by atoms with Gasteiger partial charge in [0.15, 0.2) is 5.71 Å². The van der Waals surface area contributed by atoms with Gasteiger partial charge in [0.1, 0.15) is 25.3 Å². The first kappa shape index (κ1) is 21.9. The van der Waals surface area contributed by atoms with Gasteiger partial charge in [0.25, 0.3) is 5.91 Å². The summed E-state index contributed by atoms with van der Waals surface area (Å²) in [5.41, 5.74) is 2.82. The maximum Gasteiger partial charge on any atom is 0.273 e. The van der Waals surface area contributed by atoms with Gasteiger partial charge in [-0.2, -0.15) is 0 Å². The van der Waals surface area contributed by atoms with Crippen molar-refractivity contribution in [3.8, 4) is 5.75 Å². The van der Waals surface area contributed by atoms with E-state index in [1.54, 1.807) is 31.2 Å². The number of aryl methyl sites for hydroxylation is 1. The Morgan fingerprint density at radius 3 is 2.52 bits per heavy atom. The second kappa shape index (κ2) is 10.2. The van der Waals surface area contributed by atoms with Crippen molar-refractivity contribution in [2.75, 3.05) is 21.3 Å². The molecular weight excluding hydrogens is 377 g/mol. The number of oxime groups is 2. The molecule has 1 N–H and O–H groups in total. The molecule has 0 saturated carbocycles. The summed E-state index contributed by atoms with van der Waals surface area (Å²) in [7, 11) is 4.33. The van der Waals surface area contributed by atoms with Crippen molar-refractivity contribution < 1.29 is 23.6 Å². The molecule has 0 aliphatic rings. The summed E-state index contributed by atoms with van der Waals surface area (Å²) >= 11 is 0. The van der Waals surface area contributed by atoms with E-state index in [1.807, 2.05) is 13.0 Å². The standard InChI is InChI=1S/C21H24FN3O4/c1-13-8-6-9-15(20(25-28-5)21(26)23-3)16(13)12-29-24-14(2)19-17(22)10-7-11-18(19)27-4/h6-11H,12H2,1-5H3,(H,23,26)/b24-14+,25-20+. The van der Waals surface area contributed by atoms with Crippen LogP contribution in [0.4, 0.5) is 4.39 Å². The molecular formula is C21H24FN3O4. The average Bonchev–Trinajstić information content (AvgIpc) is 2.72. The Morgan fingerprint density at radius 2 is 1.86 bits per heavy atom. The van der Waals surface area contributed by atoms with Crippen LogP contribution in [-0.4, -0.2) is 38.6 Å². The van der Waals surface area contributed by atoms with Crippen LogP contribution in [0.5, 0.6) is 5.75 Å². The molecule has 8 heteroatoms. The number of ether oxygens (including phenoxy) is 1. The van der Waals surface area contributed by atoms with Gasteiger partial charge in [-0.3, -0.25) is 4.79 Å². The van der Waals surface area contributed by atoms with Crippen LogP contribution in [0.25, 0.3) is 0 Å². The van der Waals surface area contributed by atoms with Crippen LogP contribution < -0.4 is 10.1 Å². The summed E-state index contributed by atoms with van der Waals surface area (Å²) in [6.45, 7) is 3.56. The van der Waals surface area contributed by atoms with Crippen LogP contribution >= 0.6 is 0 Å². The lowest BCUT2D eigenvalue weighted by molar-refractivity contribution is -0.114. The Morgan fingerprint density at radius 1 is 1.14 bits per heavy atom. The first-order valence-corrected chi connectivity index (χ1v) is 8.86. The van der Waals surface area contributed by atoms with Crippen molar-refractivity contribution in [3.63, 3.8) is 0 Å². The fourth-order valence-corrected chi connectivity index (χ4v) is 2.80. The summed E-state index contributed by atoms with van der Waals surface area (Å²) < 4.78 is 19.4. The average molecular weight is 401 g/mol. The molecule has 0 saturated heterocycles. The fourth-order valence-electron chi connectivity index (χ4n) is 2.80. The molecule has 0 heterocycles. The molecule has 7 nitrogen and oxygen atoms in total. The molecule has 2 aromatic rings. The first-order valence-electron chi connectivity index (χ1n) is 8.86. The van der Waals surface area contributed by atoms with Crippen molar-refractivity contribution in [3.05, 3.63) is 64.5 Å². The summed E-state index contributed by atoms with van der Waals surface area (Å²) in [5.74, 6) is -0.491. The van der Waals surface area contributed by atoms with Gasteiger partial charge in [-0.15, -0.1) is 0 Å². The number of halogens is 1. The van der Waals surface area contributed by atoms with Gasteiger partial charge in [0.2, 0.25) is 0 Å². The smallest absolute Gasteiger partial charge is 0.273 e. The Labute approximate surface area is 169 Å². The zero-order valence-electron chi connectivity index (χ0n) is 17.1. The van der Waals surface area contributed by atoms with Gasteiger partial charge in [-0.25, -0.2) is 4.39 Å². The van der Waals surface area contributed by atoms with Crippen LogP contribution in [0.3, 0.4) is 0 Å². The molecule has 0 spiro atoms. The number of rotatable bonds is 8. The molecule has 2 rings (SSSR count). The largest absolute Gasteiger partial charge is 0.496 e.